The van der Waals surface area contributed by atoms with E-state index in [1.165, 1.54) is 12.1 Å². The fourth-order valence-corrected chi connectivity index (χ4v) is 3.32. The number of benzene rings is 1. The van der Waals surface area contributed by atoms with Crippen molar-refractivity contribution in [1.29, 1.82) is 0 Å². The van der Waals surface area contributed by atoms with Crippen molar-refractivity contribution in [2.45, 2.75) is 31.7 Å². The maximum Gasteiger partial charge on any atom is 0.145 e. The van der Waals surface area contributed by atoms with Gasteiger partial charge in [-0.15, -0.1) is 6.58 Å². The molecule has 1 aromatic carbocycles. The maximum atomic E-state index is 14.5. The molecular weight excluding hydrogens is 350 g/mol. The summed E-state index contributed by atoms with van der Waals surface area (Å²) >= 11 is 3.18. The molecule has 2 nitrogen and oxygen atoms in total. The van der Waals surface area contributed by atoms with Crippen LogP contribution in [0.15, 0.2) is 29.3 Å². The van der Waals surface area contributed by atoms with E-state index in [1.807, 2.05) is 6.08 Å². The van der Waals surface area contributed by atoms with Crippen LogP contribution in [0.5, 0.6) is 0 Å². The second-order valence-corrected chi connectivity index (χ2v) is 6.49. The summed E-state index contributed by atoms with van der Waals surface area (Å²) in [5, 5.41) is 3.29. The average Bonchev–Trinajstić information content (AvgIpc) is 2.54. The largest absolute Gasteiger partial charge is 0.314 e. The van der Waals surface area contributed by atoms with E-state index in [4.69, 9.17) is 0 Å². The van der Waals surface area contributed by atoms with Crippen molar-refractivity contribution in [3.63, 3.8) is 0 Å². The number of rotatable bonds is 7. The lowest BCUT2D eigenvalue weighted by Crippen LogP contribution is -2.45. The summed E-state index contributed by atoms with van der Waals surface area (Å²) in [6.45, 7) is 7.08. The number of hydrogen-bond acceptors (Lipinski definition) is 2. The van der Waals surface area contributed by atoms with Gasteiger partial charge in [0, 0.05) is 37.8 Å². The Hall–Kier alpha value is -0.780. The monoisotopic (exact) mass is 372 g/mol. The second kappa shape index (κ2) is 8.75. The van der Waals surface area contributed by atoms with Crippen LogP contribution in [0.25, 0.3) is 0 Å². The molecule has 0 radical (unpaired) electrons. The zero-order valence-electron chi connectivity index (χ0n) is 12.8. The number of unbranched alkanes of at least 4 members (excludes halogenated alkanes) is 2. The van der Waals surface area contributed by atoms with Crippen molar-refractivity contribution in [3.8, 4) is 0 Å². The summed E-state index contributed by atoms with van der Waals surface area (Å²) in [6, 6.07) is 2.58. The Morgan fingerprint density at radius 1 is 1.27 bits per heavy atom. The average molecular weight is 373 g/mol. The van der Waals surface area contributed by atoms with Gasteiger partial charge in [-0.25, -0.2) is 8.78 Å². The fraction of sp³-hybridized carbons (Fsp3) is 0.529. The number of allylic oxidation sites excluding steroid dienone is 1. The van der Waals surface area contributed by atoms with Gasteiger partial charge in [-0.1, -0.05) is 12.5 Å². The van der Waals surface area contributed by atoms with Gasteiger partial charge in [-0.3, -0.25) is 4.90 Å². The minimum Gasteiger partial charge on any atom is -0.314 e. The molecule has 1 aromatic rings. The van der Waals surface area contributed by atoms with Crippen molar-refractivity contribution in [2.24, 2.45) is 0 Å². The standard InChI is InChI=1S/C17H23BrF2N2/c1-2-3-4-5-6-15(22-11-9-21-10-12-22)16-14(19)8-7-13(18)17(16)20/h2,7-8,15,21H,1,3-6,9-12H2/t15-/m1/s1. The molecule has 1 aliphatic rings. The number of nitrogens with one attached hydrogen (secondary N) is 1. The molecule has 0 saturated carbocycles. The molecule has 0 aliphatic carbocycles. The van der Waals surface area contributed by atoms with Crippen LogP contribution in [0.2, 0.25) is 0 Å². The molecule has 22 heavy (non-hydrogen) atoms. The SMILES string of the molecule is C=CCCCC[C@H](c1c(F)ccc(Br)c1F)N1CCNCC1. The van der Waals surface area contributed by atoms with Crippen molar-refractivity contribution >= 4 is 15.9 Å². The van der Waals surface area contributed by atoms with Crippen LogP contribution < -0.4 is 5.32 Å². The normalized spacial score (nSPS) is 17.4. The first-order chi connectivity index (χ1) is 10.6. The third-order valence-corrected chi connectivity index (χ3v) is 4.75. The zero-order valence-corrected chi connectivity index (χ0v) is 14.3. The van der Waals surface area contributed by atoms with Gasteiger partial charge in [0.1, 0.15) is 11.6 Å². The van der Waals surface area contributed by atoms with E-state index in [9.17, 15) is 8.78 Å². The molecule has 1 aliphatic heterocycles. The topological polar surface area (TPSA) is 15.3 Å². The molecule has 0 unspecified atom stereocenters. The van der Waals surface area contributed by atoms with Gasteiger partial charge >= 0.3 is 0 Å². The van der Waals surface area contributed by atoms with Gasteiger partial charge in [0.05, 0.1) is 4.47 Å². The Labute approximate surface area is 139 Å². The van der Waals surface area contributed by atoms with E-state index in [1.54, 1.807) is 0 Å². The van der Waals surface area contributed by atoms with E-state index >= 15 is 0 Å². The van der Waals surface area contributed by atoms with Crippen molar-refractivity contribution in [1.82, 2.24) is 10.2 Å². The van der Waals surface area contributed by atoms with Crippen LogP contribution in [0.4, 0.5) is 8.78 Å². The number of hydrogen-bond donors (Lipinski definition) is 1. The number of halogens is 3. The number of nitrogens with zero attached hydrogens (tertiary/aromatic N) is 1. The van der Waals surface area contributed by atoms with Crippen LogP contribution in [-0.2, 0) is 0 Å². The van der Waals surface area contributed by atoms with E-state index in [0.29, 0.717) is 4.47 Å². The van der Waals surface area contributed by atoms with Gasteiger partial charge in [-0.2, -0.15) is 0 Å². The Kier molecular flexibility index (Phi) is 6.99. The van der Waals surface area contributed by atoms with Crippen LogP contribution in [0.1, 0.15) is 37.3 Å². The smallest absolute Gasteiger partial charge is 0.145 e. The van der Waals surface area contributed by atoms with Gasteiger partial charge in [0.2, 0.25) is 0 Å². The van der Waals surface area contributed by atoms with Crippen molar-refractivity contribution in [2.75, 3.05) is 26.2 Å². The van der Waals surface area contributed by atoms with Gasteiger partial charge < -0.3 is 5.32 Å². The Bertz CT molecular complexity index is 502. The third-order valence-electron chi connectivity index (χ3n) is 4.14. The summed E-state index contributed by atoms with van der Waals surface area (Å²) in [6.07, 6.45) is 5.53. The predicted octanol–water partition coefficient (Wildman–Crippen LogP) is 4.42. The predicted molar refractivity (Wildman–Crippen MR) is 89.9 cm³/mol. The molecule has 1 heterocycles. The molecular formula is C17H23BrF2N2. The van der Waals surface area contributed by atoms with Crippen LogP contribution in [0, 0.1) is 11.6 Å². The quantitative estimate of drug-likeness (QED) is 0.433. The molecule has 122 valence electrons. The summed E-state index contributed by atoms with van der Waals surface area (Å²) in [4.78, 5) is 2.19. The van der Waals surface area contributed by atoms with Crippen molar-refractivity contribution < 1.29 is 8.78 Å². The summed E-state index contributed by atoms with van der Waals surface area (Å²) in [5.41, 5.74) is 0.204. The van der Waals surface area contributed by atoms with Crippen molar-refractivity contribution in [3.05, 3.63) is 46.5 Å². The molecule has 0 bridgehead atoms. The zero-order chi connectivity index (χ0) is 15.9. The lowest BCUT2D eigenvalue weighted by molar-refractivity contribution is 0.156. The highest BCUT2D eigenvalue weighted by molar-refractivity contribution is 9.10. The van der Waals surface area contributed by atoms with Crippen LogP contribution in [0.3, 0.4) is 0 Å². The first-order valence-corrected chi connectivity index (χ1v) is 8.63. The van der Waals surface area contributed by atoms with E-state index in [2.05, 4.69) is 32.7 Å². The Balaban J connectivity index is 2.22. The molecule has 1 N–H and O–H groups in total. The molecule has 2 rings (SSSR count). The highest BCUT2D eigenvalue weighted by atomic mass is 79.9. The van der Waals surface area contributed by atoms with Crippen LogP contribution in [-0.4, -0.2) is 31.1 Å². The van der Waals surface area contributed by atoms with Gasteiger partial charge in [0.15, 0.2) is 0 Å². The van der Waals surface area contributed by atoms with E-state index in [0.717, 1.165) is 51.9 Å². The summed E-state index contributed by atoms with van der Waals surface area (Å²) in [5.74, 6) is -0.916. The molecule has 0 aromatic heterocycles. The molecule has 1 fully saturated rings. The van der Waals surface area contributed by atoms with Gasteiger partial charge in [-0.05, 0) is 47.3 Å². The van der Waals surface area contributed by atoms with E-state index < -0.39 is 11.6 Å². The highest BCUT2D eigenvalue weighted by Gasteiger charge is 2.28. The first-order valence-electron chi connectivity index (χ1n) is 7.84. The molecule has 1 saturated heterocycles. The maximum absolute atomic E-state index is 14.5. The minimum absolute atomic E-state index is 0.204. The molecule has 5 heteroatoms. The second-order valence-electron chi connectivity index (χ2n) is 5.63. The summed E-state index contributed by atoms with van der Waals surface area (Å²) < 4.78 is 29.1. The Morgan fingerprint density at radius 2 is 2.00 bits per heavy atom. The minimum atomic E-state index is -0.466. The Morgan fingerprint density at radius 3 is 2.68 bits per heavy atom. The fourth-order valence-electron chi connectivity index (χ4n) is 2.98. The lowest BCUT2D eigenvalue weighted by Gasteiger charge is -2.35. The molecule has 1 atom stereocenters. The molecule has 0 spiro atoms. The third kappa shape index (κ3) is 4.37. The van der Waals surface area contributed by atoms with Gasteiger partial charge in [0.25, 0.3) is 0 Å². The highest BCUT2D eigenvalue weighted by Crippen LogP contribution is 2.33. The summed E-state index contributed by atoms with van der Waals surface area (Å²) in [7, 11) is 0. The lowest BCUT2D eigenvalue weighted by atomic mass is 9.97. The first kappa shape index (κ1) is 17.6. The van der Waals surface area contributed by atoms with E-state index in [-0.39, 0.29) is 11.6 Å². The van der Waals surface area contributed by atoms with Crippen LogP contribution >= 0.6 is 15.9 Å². The number of piperazine rings is 1. The molecule has 0 amide bonds.